The summed E-state index contributed by atoms with van der Waals surface area (Å²) in [5.74, 6) is -0.660. The molecule has 3 N–H and O–H groups in total. The Labute approximate surface area is 108 Å². The molecule has 100 valence electrons. The van der Waals surface area contributed by atoms with E-state index < -0.39 is 0 Å². The van der Waals surface area contributed by atoms with Crippen LogP contribution in [0.25, 0.3) is 0 Å². The highest BCUT2D eigenvalue weighted by molar-refractivity contribution is 5.92. The van der Waals surface area contributed by atoms with Crippen molar-refractivity contribution < 1.29 is 9.18 Å². The summed E-state index contributed by atoms with van der Waals surface area (Å²) in [5.41, 5.74) is 6.28. The van der Waals surface area contributed by atoms with Crippen molar-refractivity contribution in [3.05, 3.63) is 30.1 Å². The first-order chi connectivity index (χ1) is 8.31. The van der Waals surface area contributed by atoms with Crippen molar-refractivity contribution in [2.75, 3.05) is 11.9 Å². The Hall–Kier alpha value is -1.42. The van der Waals surface area contributed by atoms with Gasteiger partial charge in [0.25, 0.3) is 0 Å². The minimum atomic E-state index is -0.321. The van der Waals surface area contributed by atoms with Crippen LogP contribution >= 0.6 is 0 Å². The second kappa shape index (κ2) is 5.96. The Morgan fingerprint density at radius 3 is 2.33 bits per heavy atom. The summed E-state index contributed by atoms with van der Waals surface area (Å²) in [4.78, 5) is 12.0. The van der Waals surface area contributed by atoms with Crippen LogP contribution in [0.1, 0.15) is 27.2 Å². The van der Waals surface area contributed by atoms with E-state index in [1.165, 1.54) is 24.3 Å². The molecule has 0 aliphatic heterocycles. The van der Waals surface area contributed by atoms with Crippen LogP contribution < -0.4 is 11.1 Å². The number of hydrogen-bond donors (Lipinski definition) is 2. The SMILES string of the molecule is CC(C)(C)CC(CN)C(=O)Nc1ccc(F)cc1. The number of amides is 1. The standard InChI is InChI=1S/C14H21FN2O/c1-14(2,3)8-10(9-16)13(18)17-12-6-4-11(15)5-7-12/h4-7,10H,8-9,16H2,1-3H3,(H,17,18). The molecule has 1 rings (SSSR count). The van der Waals surface area contributed by atoms with Gasteiger partial charge in [-0.3, -0.25) is 4.79 Å². The molecule has 1 amide bonds. The van der Waals surface area contributed by atoms with Gasteiger partial charge in [0, 0.05) is 12.2 Å². The van der Waals surface area contributed by atoms with Crippen LogP contribution in [-0.2, 0) is 4.79 Å². The highest BCUT2D eigenvalue weighted by Crippen LogP contribution is 2.24. The molecular formula is C14H21FN2O. The first-order valence-corrected chi connectivity index (χ1v) is 6.08. The molecule has 1 unspecified atom stereocenters. The lowest BCUT2D eigenvalue weighted by molar-refractivity contribution is -0.120. The number of carbonyl (C=O) groups is 1. The molecule has 0 saturated carbocycles. The van der Waals surface area contributed by atoms with Crippen molar-refractivity contribution in [2.24, 2.45) is 17.1 Å². The molecule has 0 spiro atoms. The Bertz CT molecular complexity index is 395. The van der Waals surface area contributed by atoms with Gasteiger partial charge in [0.1, 0.15) is 5.82 Å². The number of nitrogens with two attached hydrogens (primary N) is 1. The van der Waals surface area contributed by atoms with Crippen LogP contribution in [0.2, 0.25) is 0 Å². The van der Waals surface area contributed by atoms with E-state index in [-0.39, 0.29) is 23.1 Å². The van der Waals surface area contributed by atoms with E-state index in [1.807, 2.05) is 0 Å². The Kier molecular flexibility index (Phi) is 4.84. The molecule has 0 aliphatic carbocycles. The maximum Gasteiger partial charge on any atom is 0.228 e. The first kappa shape index (κ1) is 14.6. The lowest BCUT2D eigenvalue weighted by atomic mass is 9.84. The lowest BCUT2D eigenvalue weighted by Crippen LogP contribution is -2.32. The maximum atomic E-state index is 12.7. The molecule has 0 bridgehead atoms. The third-order valence-corrected chi connectivity index (χ3v) is 2.63. The van der Waals surface area contributed by atoms with Crippen molar-refractivity contribution in [3.8, 4) is 0 Å². The predicted molar refractivity (Wildman–Crippen MR) is 71.6 cm³/mol. The van der Waals surface area contributed by atoms with Gasteiger partial charge in [0.05, 0.1) is 5.92 Å². The maximum absolute atomic E-state index is 12.7. The summed E-state index contributed by atoms with van der Waals surface area (Å²) in [7, 11) is 0. The minimum absolute atomic E-state index is 0.0458. The first-order valence-electron chi connectivity index (χ1n) is 6.08. The Balaban J connectivity index is 2.65. The Morgan fingerprint density at radius 1 is 1.33 bits per heavy atom. The normalized spacial score (nSPS) is 13.2. The summed E-state index contributed by atoms with van der Waals surface area (Å²) < 4.78 is 12.7. The van der Waals surface area contributed by atoms with Crippen LogP contribution in [0, 0.1) is 17.2 Å². The molecule has 1 aromatic rings. The van der Waals surface area contributed by atoms with Gasteiger partial charge in [-0.1, -0.05) is 20.8 Å². The number of anilines is 1. The van der Waals surface area contributed by atoms with Crippen molar-refractivity contribution in [1.82, 2.24) is 0 Å². The van der Waals surface area contributed by atoms with Crippen molar-refractivity contribution in [3.63, 3.8) is 0 Å². The number of nitrogens with one attached hydrogen (secondary N) is 1. The third-order valence-electron chi connectivity index (χ3n) is 2.63. The second-order valence-electron chi connectivity index (χ2n) is 5.69. The van der Waals surface area contributed by atoms with E-state index >= 15 is 0 Å². The number of carbonyl (C=O) groups excluding carboxylic acids is 1. The predicted octanol–water partition coefficient (Wildman–Crippen LogP) is 2.78. The second-order valence-corrected chi connectivity index (χ2v) is 5.69. The van der Waals surface area contributed by atoms with E-state index in [1.54, 1.807) is 0 Å². The molecule has 0 aromatic heterocycles. The molecule has 1 aromatic carbocycles. The van der Waals surface area contributed by atoms with Crippen LogP contribution in [-0.4, -0.2) is 12.5 Å². The van der Waals surface area contributed by atoms with E-state index in [0.717, 1.165) is 6.42 Å². The molecule has 4 heteroatoms. The molecule has 0 saturated heterocycles. The summed E-state index contributed by atoms with van der Waals surface area (Å²) in [5, 5.41) is 2.76. The molecule has 3 nitrogen and oxygen atoms in total. The van der Waals surface area contributed by atoms with E-state index in [0.29, 0.717) is 12.2 Å². The summed E-state index contributed by atoms with van der Waals surface area (Å²) in [6.07, 6.45) is 0.719. The quantitative estimate of drug-likeness (QED) is 0.865. The van der Waals surface area contributed by atoms with Crippen molar-refractivity contribution in [1.29, 1.82) is 0 Å². The highest BCUT2D eigenvalue weighted by atomic mass is 19.1. The van der Waals surface area contributed by atoms with Crippen LogP contribution in [0.15, 0.2) is 24.3 Å². The Morgan fingerprint density at radius 2 is 1.89 bits per heavy atom. The molecule has 18 heavy (non-hydrogen) atoms. The minimum Gasteiger partial charge on any atom is -0.330 e. The largest absolute Gasteiger partial charge is 0.330 e. The van der Waals surface area contributed by atoms with Gasteiger partial charge in [0.2, 0.25) is 5.91 Å². The third kappa shape index (κ3) is 4.84. The van der Waals surface area contributed by atoms with Crippen LogP contribution in [0.3, 0.4) is 0 Å². The summed E-state index contributed by atoms with van der Waals surface area (Å²) >= 11 is 0. The lowest BCUT2D eigenvalue weighted by Gasteiger charge is -2.24. The summed E-state index contributed by atoms with van der Waals surface area (Å²) in [6.45, 7) is 6.52. The monoisotopic (exact) mass is 252 g/mol. The van der Waals surface area contributed by atoms with Gasteiger partial charge >= 0.3 is 0 Å². The zero-order valence-electron chi connectivity index (χ0n) is 11.2. The number of halogens is 1. The summed E-state index contributed by atoms with van der Waals surface area (Å²) in [6, 6.07) is 5.71. The van der Waals surface area contributed by atoms with Crippen molar-refractivity contribution >= 4 is 11.6 Å². The topological polar surface area (TPSA) is 55.1 Å². The van der Waals surface area contributed by atoms with Gasteiger partial charge in [-0.15, -0.1) is 0 Å². The number of benzene rings is 1. The molecular weight excluding hydrogens is 231 g/mol. The fraction of sp³-hybridized carbons (Fsp3) is 0.500. The van der Waals surface area contributed by atoms with Gasteiger partial charge < -0.3 is 11.1 Å². The molecule has 1 atom stereocenters. The van der Waals surface area contributed by atoms with E-state index in [2.05, 4.69) is 26.1 Å². The fourth-order valence-electron chi connectivity index (χ4n) is 1.80. The van der Waals surface area contributed by atoms with Gasteiger partial charge in [-0.25, -0.2) is 4.39 Å². The van der Waals surface area contributed by atoms with E-state index in [9.17, 15) is 9.18 Å². The van der Waals surface area contributed by atoms with Gasteiger partial charge in [0.15, 0.2) is 0 Å². The zero-order valence-corrected chi connectivity index (χ0v) is 11.2. The van der Waals surface area contributed by atoms with Crippen LogP contribution in [0.4, 0.5) is 10.1 Å². The van der Waals surface area contributed by atoms with Gasteiger partial charge in [-0.05, 0) is 36.1 Å². The van der Waals surface area contributed by atoms with Crippen LogP contribution in [0.5, 0.6) is 0 Å². The average molecular weight is 252 g/mol. The average Bonchev–Trinajstić information content (AvgIpc) is 2.27. The molecule has 0 fully saturated rings. The molecule has 0 heterocycles. The fourth-order valence-corrected chi connectivity index (χ4v) is 1.80. The van der Waals surface area contributed by atoms with E-state index in [4.69, 9.17) is 5.73 Å². The molecule has 0 radical (unpaired) electrons. The smallest absolute Gasteiger partial charge is 0.228 e. The number of rotatable bonds is 4. The molecule has 0 aliphatic rings. The zero-order chi connectivity index (χ0) is 13.8. The van der Waals surface area contributed by atoms with Crippen molar-refractivity contribution in [2.45, 2.75) is 27.2 Å². The number of hydrogen-bond acceptors (Lipinski definition) is 2. The van der Waals surface area contributed by atoms with Gasteiger partial charge in [-0.2, -0.15) is 0 Å². The highest BCUT2D eigenvalue weighted by Gasteiger charge is 2.23.